The molecule has 0 aliphatic rings. The minimum Gasteiger partial charge on any atom is -0.335 e. The molecule has 0 fully saturated rings. The molecule has 3 rings (SSSR count). The van der Waals surface area contributed by atoms with Gasteiger partial charge in [0.15, 0.2) is 0 Å². The highest BCUT2D eigenvalue weighted by molar-refractivity contribution is 7.90. The fourth-order valence-corrected chi connectivity index (χ4v) is 3.53. The Morgan fingerprint density at radius 2 is 1.63 bits per heavy atom. The maximum Gasteiger partial charge on any atom is 0.328 e. The minimum atomic E-state index is -4.07. The number of benzene rings is 2. The van der Waals surface area contributed by atoms with Gasteiger partial charge in [0.05, 0.1) is 16.3 Å². The van der Waals surface area contributed by atoms with Gasteiger partial charge in [0.25, 0.3) is 15.6 Å². The molecule has 0 saturated heterocycles. The molecule has 0 unspecified atom stereocenters. The molecule has 10 heteroatoms. The molecule has 0 spiro atoms. The molecule has 0 saturated carbocycles. The SMILES string of the molecule is CC(C)NC(=O)NS(=O)(=O)c1ccc(-n2nc(-c3ccc(F)cc3)ccc2=O)cc1. The molecule has 1 aromatic heterocycles. The summed E-state index contributed by atoms with van der Waals surface area (Å²) in [5.74, 6) is -0.389. The van der Waals surface area contributed by atoms with Crippen LogP contribution in [0.15, 0.2) is 70.4 Å². The summed E-state index contributed by atoms with van der Waals surface area (Å²) in [6, 6.07) is 12.7. The number of sulfonamides is 1. The van der Waals surface area contributed by atoms with Crippen LogP contribution >= 0.6 is 0 Å². The maximum atomic E-state index is 13.1. The van der Waals surface area contributed by atoms with Crippen LogP contribution in [0.4, 0.5) is 9.18 Å². The van der Waals surface area contributed by atoms with Gasteiger partial charge in [-0.15, -0.1) is 0 Å². The second kappa shape index (κ2) is 8.46. The van der Waals surface area contributed by atoms with Crippen molar-refractivity contribution in [3.63, 3.8) is 0 Å². The Labute approximate surface area is 172 Å². The van der Waals surface area contributed by atoms with Gasteiger partial charge in [0.1, 0.15) is 5.82 Å². The van der Waals surface area contributed by atoms with E-state index >= 15 is 0 Å². The predicted octanol–water partition coefficient (Wildman–Crippen LogP) is 2.43. The Morgan fingerprint density at radius 3 is 2.23 bits per heavy atom. The van der Waals surface area contributed by atoms with Crippen molar-refractivity contribution in [3.8, 4) is 16.9 Å². The van der Waals surface area contributed by atoms with E-state index in [2.05, 4.69) is 10.4 Å². The summed E-state index contributed by atoms with van der Waals surface area (Å²) in [5, 5.41) is 6.70. The average molecular weight is 430 g/mol. The van der Waals surface area contributed by atoms with Gasteiger partial charge in [0, 0.05) is 17.7 Å². The molecule has 156 valence electrons. The molecule has 2 N–H and O–H groups in total. The molecule has 30 heavy (non-hydrogen) atoms. The predicted molar refractivity (Wildman–Crippen MR) is 109 cm³/mol. The monoisotopic (exact) mass is 430 g/mol. The Hall–Kier alpha value is -3.53. The number of hydrogen-bond acceptors (Lipinski definition) is 5. The first-order valence-electron chi connectivity index (χ1n) is 8.96. The minimum absolute atomic E-state index is 0.145. The van der Waals surface area contributed by atoms with E-state index < -0.39 is 21.6 Å². The summed E-state index contributed by atoms with van der Waals surface area (Å²) in [4.78, 5) is 23.8. The van der Waals surface area contributed by atoms with E-state index in [0.717, 1.165) is 4.68 Å². The van der Waals surface area contributed by atoms with Crippen LogP contribution < -0.4 is 15.6 Å². The molecule has 0 bridgehead atoms. The first kappa shape index (κ1) is 21.2. The van der Waals surface area contributed by atoms with E-state index in [1.165, 1.54) is 60.7 Å². The van der Waals surface area contributed by atoms with Crippen LogP contribution in [0.5, 0.6) is 0 Å². The largest absolute Gasteiger partial charge is 0.335 e. The van der Waals surface area contributed by atoms with Crippen LogP contribution in [0.3, 0.4) is 0 Å². The first-order valence-corrected chi connectivity index (χ1v) is 10.4. The quantitative estimate of drug-likeness (QED) is 0.646. The van der Waals surface area contributed by atoms with Crippen LogP contribution in [0, 0.1) is 5.82 Å². The van der Waals surface area contributed by atoms with Crippen LogP contribution in [-0.2, 0) is 10.0 Å². The number of amides is 2. The third kappa shape index (κ3) is 4.90. The van der Waals surface area contributed by atoms with E-state index in [1.807, 2.05) is 4.72 Å². The van der Waals surface area contributed by atoms with Gasteiger partial charge >= 0.3 is 6.03 Å². The number of carbonyl (C=O) groups is 1. The summed E-state index contributed by atoms with van der Waals surface area (Å²) in [7, 11) is -4.07. The first-order chi connectivity index (χ1) is 14.2. The summed E-state index contributed by atoms with van der Waals surface area (Å²) < 4.78 is 40.8. The van der Waals surface area contributed by atoms with Crippen molar-refractivity contribution in [2.24, 2.45) is 0 Å². The molecule has 2 aromatic carbocycles. The van der Waals surface area contributed by atoms with E-state index in [-0.39, 0.29) is 16.8 Å². The van der Waals surface area contributed by atoms with Crippen molar-refractivity contribution in [1.29, 1.82) is 0 Å². The Morgan fingerprint density at radius 1 is 1.00 bits per heavy atom. The molecular formula is C20H19FN4O4S. The van der Waals surface area contributed by atoms with Crippen LogP contribution in [0.2, 0.25) is 0 Å². The molecular weight excluding hydrogens is 411 g/mol. The highest BCUT2D eigenvalue weighted by Gasteiger charge is 2.18. The van der Waals surface area contributed by atoms with Crippen molar-refractivity contribution in [2.45, 2.75) is 24.8 Å². The number of nitrogens with one attached hydrogen (secondary N) is 2. The molecule has 2 amide bonds. The number of rotatable bonds is 5. The van der Waals surface area contributed by atoms with Gasteiger partial charge in [-0.2, -0.15) is 9.78 Å². The smallest absolute Gasteiger partial charge is 0.328 e. The highest BCUT2D eigenvalue weighted by atomic mass is 32.2. The summed E-state index contributed by atoms with van der Waals surface area (Å²) >= 11 is 0. The normalized spacial score (nSPS) is 11.3. The molecule has 0 aliphatic carbocycles. The van der Waals surface area contributed by atoms with Crippen molar-refractivity contribution in [2.75, 3.05) is 0 Å². The van der Waals surface area contributed by atoms with Gasteiger partial charge in [0.2, 0.25) is 0 Å². The molecule has 0 aliphatic heterocycles. The second-order valence-electron chi connectivity index (χ2n) is 6.70. The fourth-order valence-electron chi connectivity index (χ4n) is 2.61. The summed E-state index contributed by atoms with van der Waals surface area (Å²) in [6.07, 6.45) is 0. The average Bonchev–Trinajstić information content (AvgIpc) is 2.68. The second-order valence-corrected chi connectivity index (χ2v) is 8.39. The number of halogens is 1. The Balaban J connectivity index is 1.89. The van der Waals surface area contributed by atoms with E-state index in [0.29, 0.717) is 16.9 Å². The highest BCUT2D eigenvalue weighted by Crippen LogP contribution is 2.17. The van der Waals surface area contributed by atoms with Gasteiger partial charge in [-0.3, -0.25) is 4.79 Å². The Kier molecular flexibility index (Phi) is 5.97. The summed E-state index contributed by atoms with van der Waals surface area (Å²) in [6.45, 7) is 3.40. The van der Waals surface area contributed by atoms with Crippen molar-refractivity contribution in [1.82, 2.24) is 19.8 Å². The number of carbonyl (C=O) groups excluding carboxylic acids is 1. The molecule has 8 nitrogen and oxygen atoms in total. The zero-order valence-electron chi connectivity index (χ0n) is 16.2. The third-order valence-corrected chi connectivity index (χ3v) is 5.33. The van der Waals surface area contributed by atoms with E-state index in [1.54, 1.807) is 13.8 Å². The van der Waals surface area contributed by atoms with Crippen molar-refractivity contribution in [3.05, 3.63) is 76.8 Å². The van der Waals surface area contributed by atoms with Crippen molar-refractivity contribution < 1.29 is 17.6 Å². The van der Waals surface area contributed by atoms with Gasteiger partial charge in [-0.25, -0.2) is 22.3 Å². The zero-order valence-corrected chi connectivity index (χ0v) is 17.0. The lowest BCUT2D eigenvalue weighted by Crippen LogP contribution is -2.42. The van der Waals surface area contributed by atoms with Gasteiger partial charge in [-0.05, 0) is 68.4 Å². The van der Waals surface area contributed by atoms with E-state index in [9.17, 15) is 22.4 Å². The summed E-state index contributed by atoms with van der Waals surface area (Å²) in [5.41, 5.74) is 0.962. The molecule has 0 radical (unpaired) electrons. The molecule has 1 heterocycles. The lowest BCUT2D eigenvalue weighted by Gasteiger charge is -2.11. The fraction of sp³-hybridized carbons (Fsp3) is 0.150. The number of urea groups is 1. The van der Waals surface area contributed by atoms with Gasteiger partial charge < -0.3 is 5.32 Å². The van der Waals surface area contributed by atoms with Crippen LogP contribution in [0.25, 0.3) is 16.9 Å². The maximum absolute atomic E-state index is 13.1. The molecule has 3 aromatic rings. The van der Waals surface area contributed by atoms with Crippen LogP contribution in [0.1, 0.15) is 13.8 Å². The zero-order chi connectivity index (χ0) is 21.9. The number of hydrogen-bond donors (Lipinski definition) is 2. The standard InChI is InChI=1S/C20H19FN4O4S/c1-13(2)22-20(27)24-30(28,29)17-9-7-16(8-10-17)25-19(26)12-11-18(23-25)14-3-5-15(21)6-4-14/h3-13H,1-2H3,(H2,22,24,27). The lowest BCUT2D eigenvalue weighted by atomic mass is 10.1. The van der Waals surface area contributed by atoms with E-state index in [4.69, 9.17) is 0 Å². The van der Waals surface area contributed by atoms with Crippen LogP contribution in [-0.4, -0.2) is 30.3 Å². The Bertz CT molecular complexity index is 1220. The third-order valence-electron chi connectivity index (χ3n) is 3.98. The van der Waals surface area contributed by atoms with Crippen molar-refractivity contribution >= 4 is 16.1 Å². The number of aromatic nitrogens is 2. The molecule has 0 atom stereocenters. The topological polar surface area (TPSA) is 110 Å². The lowest BCUT2D eigenvalue weighted by molar-refractivity contribution is 0.243. The van der Waals surface area contributed by atoms with Gasteiger partial charge in [-0.1, -0.05) is 0 Å². The number of nitrogens with zero attached hydrogens (tertiary/aromatic N) is 2.